The number of aryl methyl sites for hydroxylation is 1. The van der Waals surface area contributed by atoms with E-state index in [9.17, 15) is 9.59 Å². The maximum absolute atomic E-state index is 12.8. The van der Waals surface area contributed by atoms with Crippen molar-refractivity contribution >= 4 is 17.3 Å². The van der Waals surface area contributed by atoms with Crippen LogP contribution in [-0.2, 0) is 11.8 Å². The molecule has 1 aliphatic rings. The van der Waals surface area contributed by atoms with Crippen LogP contribution in [-0.4, -0.2) is 46.9 Å². The van der Waals surface area contributed by atoms with Gasteiger partial charge >= 0.3 is 0 Å². The molecule has 0 unspecified atom stereocenters. The minimum Gasteiger partial charge on any atom is -0.453 e. The number of hydrogen-bond acceptors (Lipinski definition) is 6. The minimum atomic E-state index is -0.340. The van der Waals surface area contributed by atoms with Gasteiger partial charge in [0.15, 0.2) is 11.4 Å². The number of ether oxygens (including phenoxy) is 2. The number of aromatic nitrogens is 2. The number of hydrogen-bond donors (Lipinski definition) is 1. The van der Waals surface area contributed by atoms with E-state index in [1.54, 1.807) is 48.3 Å². The third-order valence-electron chi connectivity index (χ3n) is 4.75. The number of morpholine rings is 1. The van der Waals surface area contributed by atoms with Crippen molar-refractivity contribution in [3.8, 4) is 11.5 Å². The van der Waals surface area contributed by atoms with Gasteiger partial charge in [0.2, 0.25) is 0 Å². The normalized spacial score (nSPS) is 13.7. The molecule has 1 fully saturated rings. The zero-order chi connectivity index (χ0) is 20.9. The van der Waals surface area contributed by atoms with Gasteiger partial charge in [0.1, 0.15) is 5.75 Å². The van der Waals surface area contributed by atoms with Gasteiger partial charge in [0, 0.05) is 31.4 Å². The molecule has 3 aromatic rings. The van der Waals surface area contributed by atoms with Crippen molar-refractivity contribution in [2.75, 3.05) is 31.6 Å². The number of nitrogens with zero attached hydrogens (tertiary/aromatic N) is 3. The summed E-state index contributed by atoms with van der Waals surface area (Å²) in [5, 5.41) is 7.16. The van der Waals surface area contributed by atoms with E-state index in [1.165, 1.54) is 10.9 Å². The molecular formula is C22H22N4O4. The van der Waals surface area contributed by atoms with Crippen molar-refractivity contribution in [1.29, 1.82) is 0 Å². The Balaban J connectivity index is 1.62. The maximum Gasteiger partial charge on any atom is 0.294 e. The van der Waals surface area contributed by atoms with E-state index in [1.807, 2.05) is 18.2 Å². The number of amides is 1. The van der Waals surface area contributed by atoms with Gasteiger partial charge in [-0.1, -0.05) is 24.3 Å². The Morgan fingerprint density at radius 3 is 2.63 bits per heavy atom. The summed E-state index contributed by atoms with van der Waals surface area (Å²) < 4.78 is 12.4. The lowest BCUT2D eigenvalue weighted by Crippen LogP contribution is -2.40. The predicted molar refractivity (Wildman–Crippen MR) is 112 cm³/mol. The van der Waals surface area contributed by atoms with Crippen LogP contribution >= 0.6 is 0 Å². The van der Waals surface area contributed by atoms with Crippen LogP contribution in [0.1, 0.15) is 10.4 Å². The first-order valence-corrected chi connectivity index (χ1v) is 9.65. The second-order valence-corrected chi connectivity index (χ2v) is 6.84. The van der Waals surface area contributed by atoms with Crippen LogP contribution in [0, 0.1) is 0 Å². The molecule has 8 heteroatoms. The molecule has 2 heterocycles. The van der Waals surface area contributed by atoms with E-state index in [0.717, 1.165) is 0 Å². The summed E-state index contributed by atoms with van der Waals surface area (Å²) in [6, 6.07) is 16.2. The van der Waals surface area contributed by atoms with Crippen LogP contribution in [0.25, 0.3) is 0 Å². The molecule has 1 aliphatic heterocycles. The van der Waals surface area contributed by atoms with E-state index in [0.29, 0.717) is 49.1 Å². The Bertz CT molecular complexity index is 1090. The maximum atomic E-state index is 12.8. The molecule has 0 bridgehead atoms. The van der Waals surface area contributed by atoms with E-state index in [-0.39, 0.29) is 17.2 Å². The summed E-state index contributed by atoms with van der Waals surface area (Å²) in [5.74, 6) is 0.825. The van der Waals surface area contributed by atoms with E-state index >= 15 is 0 Å². The first-order chi connectivity index (χ1) is 14.6. The Kier molecular flexibility index (Phi) is 5.76. The summed E-state index contributed by atoms with van der Waals surface area (Å²) >= 11 is 0. The molecule has 0 spiro atoms. The molecule has 154 valence electrons. The molecule has 0 aliphatic carbocycles. The summed E-state index contributed by atoms with van der Waals surface area (Å²) in [7, 11) is 1.57. The lowest BCUT2D eigenvalue weighted by molar-refractivity contribution is 0.0303. The van der Waals surface area contributed by atoms with Gasteiger partial charge in [-0.3, -0.25) is 9.59 Å². The molecule has 0 atom stereocenters. The molecule has 8 nitrogen and oxygen atoms in total. The molecular weight excluding hydrogens is 384 g/mol. The lowest BCUT2D eigenvalue weighted by Gasteiger charge is -2.27. The third-order valence-corrected chi connectivity index (χ3v) is 4.75. The van der Waals surface area contributed by atoms with Crippen LogP contribution in [0.4, 0.5) is 11.4 Å². The highest BCUT2D eigenvalue weighted by Gasteiger charge is 2.19. The van der Waals surface area contributed by atoms with Gasteiger partial charge in [-0.25, -0.2) is 4.68 Å². The Labute approximate surface area is 173 Å². The molecule has 30 heavy (non-hydrogen) atoms. The molecule has 1 saturated heterocycles. The summed E-state index contributed by atoms with van der Waals surface area (Å²) in [4.78, 5) is 27.3. The fraction of sp³-hybridized carbons (Fsp3) is 0.227. The Hall–Kier alpha value is -3.65. The van der Waals surface area contributed by atoms with Gasteiger partial charge in [-0.05, 0) is 30.3 Å². The van der Waals surface area contributed by atoms with Gasteiger partial charge in [0.25, 0.3) is 11.5 Å². The topological polar surface area (TPSA) is 85.7 Å². The number of rotatable bonds is 5. The molecule has 1 amide bonds. The van der Waals surface area contributed by atoms with Crippen LogP contribution in [0.15, 0.2) is 65.6 Å². The Morgan fingerprint density at radius 1 is 1.10 bits per heavy atom. The van der Waals surface area contributed by atoms with Gasteiger partial charge in [0.05, 0.1) is 19.4 Å². The molecule has 4 rings (SSSR count). The van der Waals surface area contributed by atoms with Crippen molar-refractivity contribution in [1.82, 2.24) is 14.7 Å². The molecule has 0 radical (unpaired) electrons. The van der Waals surface area contributed by atoms with Gasteiger partial charge < -0.3 is 19.7 Å². The third kappa shape index (κ3) is 4.33. The Morgan fingerprint density at radius 2 is 1.87 bits per heavy atom. The highest BCUT2D eigenvalue weighted by molar-refractivity contribution is 5.95. The number of benzene rings is 2. The largest absolute Gasteiger partial charge is 0.453 e. The number of nitrogens with one attached hydrogen (secondary N) is 1. The van der Waals surface area contributed by atoms with Gasteiger partial charge in [-0.2, -0.15) is 5.10 Å². The van der Waals surface area contributed by atoms with Crippen molar-refractivity contribution in [2.45, 2.75) is 0 Å². The van der Waals surface area contributed by atoms with E-state index in [4.69, 9.17) is 9.47 Å². The summed E-state index contributed by atoms with van der Waals surface area (Å²) in [6.07, 6.45) is 1.49. The van der Waals surface area contributed by atoms with Crippen LogP contribution < -0.4 is 15.6 Å². The monoisotopic (exact) mass is 406 g/mol. The van der Waals surface area contributed by atoms with Crippen LogP contribution in [0.2, 0.25) is 0 Å². The standard InChI is InChI=1S/C22H22N4O4/c1-25-22(28)20(19(15-23-25)30-18-8-3-2-4-9-18)24-17-7-5-6-16(14-17)21(27)26-10-12-29-13-11-26/h2-9,14-15,24H,10-13H2,1H3. The first kappa shape index (κ1) is 19.7. The number of anilines is 2. The average Bonchev–Trinajstić information content (AvgIpc) is 2.80. The summed E-state index contributed by atoms with van der Waals surface area (Å²) in [5.41, 5.74) is 1.05. The fourth-order valence-corrected chi connectivity index (χ4v) is 3.15. The smallest absolute Gasteiger partial charge is 0.294 e. The quantitative estimate of drug-likeness (QED) is 0.701. The minimum absolute atomic E-state index is 0.0645. The van der Waals surface area contributed by atoms with Crippen molar-refractivity contribution in [2.24, 2.45) is 7.05 Å². The number of carbonyl (C=O) groups is 1. The fourth-order valence-electron chi connectivity index (χ4n) is 3.15. The van der Waals surface area contributed by atoms with Crippen molar-refractivity contribution in [3.63, 3.8) is 0 Å². The van der Waals surface area contributed by atoms with Gasteiger partial charge in [-0.15, -0.1) is 0 Å². The van der Waals surface area contributed by atoms with Crippen molar-refractivity contribution in [3.05, 3.63) is 76.7 Å². The zero-order valence-electron chi connectivity index (χ0n) is 16.6. The number of carbonyl (C=O) groups excluding carboxylic acids is 1. The molecule has 1 N–H and O–H groups in total. The molecule has 2 aromatic carbocycles. The van der Waals surface area contributed by atoms with Crippen LogP contribution in [0.3, 0.4) is 0 Å². The lowest BCUT2D eigenvalue weighted by atomic mass is 10.1. The molecule has 1 aromatic heterocycles. The SMILES string of the molecule is Cn1ncc(Oc2ccccc2)c(Nc2cccc(C(=O)N3CCOCC3)c2)c1=O. The second kappa shape index (κ2) is 8.79. The van der Waals surface area contributed by atoms with E-state index < -0.39 is 0 Å². The number of para-hydroxylation sites is 1. The second-order valence-electron chi connectivity index (χ2n) is 6.84. The predicted octanol–water partition coefficient (Wildman–Crippen LogP) is 2.79. The first-order valence-electron chi connectivity index (χ1n) is 9.65. The van der Waals surface area contributed by atoms with Crippen LogP contribution in [0.5, 0.6) is 11.5 Å². The van der Waals surface area contributed by atoms with Crippen molar-refractivity contribution < 1.29 is 14.3 Å². The highest BCUT2D eigenvalue weighted by atomic mass is 16.5. The highest BCUT2D eigenvalue weighted by Crippen LogP contribution is 2.28. The summed E-state index contributed by atoms with van der Waals surface area (Å²) in [6.45, 7) is 2.21. The van der Waals surface area contributed by atoms with E-state index in [2.05, 4.69) is 10.4 Å². The zero-order valence-corrected chi connectivity index (χ0v) is 16.6. The average molecular weight is 406 g/mol. The molecule has 0 saturated carbocycles.